The van der Waals surface area contributed by atoms with Crippen LogP contribution in [0.5, 0.6) is 0 Å². The van der Waals surface area contributed by atoms with E-state index in [2.05, 4.69) is 32.0 Å². The van der Waals surface area contributed by atoms with Gasteiger partial charge >= 0.3 is 0 Å². The quantitative estimate of drug-likeness (QED) is 0.736. The SMILES string of the molecule is Cc1ccccc1C(=O)CCc1cccc(C)c1C. The molecular weight excluding hydrogens is 232 g/mol. The molecule has 2 aromatic carbocycles. The molecule has 0 N–H and O–H groups in total. The van der Waals surface area contributed by atoms with Crippen LogP contribution in [0, 0.1) is 20.8 Å². The molecule has 0 heterocycles. The van der Waals surface area contributed by atoms with Crippen LogP contribution in [0.25, 0.3) is 0 Å². The molecule has 0 radical (unpaired) electrons. The van der Waals surface area contributed by atoms with Crippen molar-refractivity contribution in [1.29, 1.82) is 0 Å². The fourth-order valence-corrected chi connectivity index (χ4v) is 2.35. The molecule has 0 aliphatic carbocycles. The van der Waals surface area contributed by atoms with Gasteiger partial charge in [0.25, 0.3) is 0 Å². The van der Waals surface area contributed by atoms with Gasteiger partial charge in [0.05, 0.1) is 0 Å². The third-order valence-corrected chi connectivity index (χ3v) is 3.78. The Labute approximate surface area is 115 Å². The smallest absolute Gasteiger partial charge is 0.163 e. The molecule has 0 saturated heterocycles. The lowest BCUT2D eigenvalue weighted by molar-refractivity contribution is 0.0982. The summed E-state index contributed by atoms with van der Waals surface area (Å²) in [6.07, 6.45) is 1.40. The second-order valence-corrected chi connectivity index (χ2v) is 5.10. The summed E-state index contributed by atoms with van der Waals surface area (Å²) in [6, 6.07) is 14.1. The van der Waals surface area contributed by atoms with E-state index in [-0.39, 0.29) is 5.78 Å². The van der Waals surface area contributed by atoms with E-state index in [1.165, 1.54) is 16.7 Å². The van der Waals surface area contributed by atoms with Crippen molar-refractivity contribution in [1.82, 2.24) is 0 Å². The van der Waals surface area contributed by atoms with Crippen LogP contribution in [0.2, 0.25) is 0 Å². The first-order valence-corrected chi connectivity index (χ1v) is 6.73. The van der Waals surface area contributed by atoms with E-state index in [0.29, 0.717) is 6.42 Å². The number of carbonyl (C=O) groups excluding carboxylic acids is 1. The Bertz CT molecular complexity index is 596. The summed E-state index contributed by atoms with van der Waals surface area (Å²) in [5, 5.41) is 0. The minimum absolute atomic E-state index is 0.235. The zero-order valence-corrected chi connectivity index (χ0v) is 11.9. The summed E-state index contributed by atoms with van der Waals surface area (Å²) in [5.41, 5.74) is 5.80. The van der Waals surface area contributed by atoms with Gasteiger partial charge in [-0.1, -0.05) is 42.5 Å². The second-order valence-electron chi connectivity index (χ2n) is 5.10. The maximum absolute atomic E-state index is 12.2. The number of ketones is 1. The highest BCUT2D eigenvalue weighted by Crippen LogP contribution is 2.17. The van der Waals surface area contributed by atoms with Crippen LogP contribution in [0.15, 0.2) is 42.5 Å². The molecule has 98 valence electrons. The highest BCUT2D eigenvalue weighted by atomic mass is 16.1. The van der Waals surface area contributed by atoms with E-state index in [1.54, 1.807) is 0 Å². The zero-order chi connectivity index (χ0) is 13.8. The second kappa shape index (κ2) is 5.83. The van der Waals surface area contributed by atoms with Crippen LogP contribution in [-0.4, -0.2) is 5.78 Å². The van der Waals surface area contributed by atoms with Crippen molar-refractivity contribution in [2.45, 2.75) is 33.6 Å². The predicted molar refractivity (Wildman–Crippen MR) is 79.7 cm³/mol. The molecule has 0 bridgehead atoms. The van der Waals surface area contributed by atoms with Gasteiger partial charge in [-0.05, 0) is 49.4 Å². The standard InChI is InChI=1S/C18H20O/c1-13-8-6-9-16(15(13)3)11-12-18(19)17-10-5-4-7-14(17)2/h4-10H,11-12H2,1-3H3. The first-order chi connectivity index (χ1) is 9.09. The molecular formula is C18H20O. The normalized spacial score (nSPS) is 10.5. The molecule has 0 atom stereocenters. The average molecular weight is 252 g/mol. The maximum atomic E-state index is 12.2. The molecule has 0 aromatic heterocycles. The number of aryl methyl sites for hydroxylation is 3. The maximum Gasteiger partial charge on any atom is 0.163 e. The number of hydrogen-bond donors (Lipinski definition) is 0. The third kappa shape index (κ3) is 3.11. The van der Waals surface area contributed by atoms with Gasteiger partial charge in [0.2, 0.25) is 0 Å². The van der Waals surface area contributed by atoms with Crippen molar-refractivity contribution < 1.29 is 4.79 Å². The fraction of sp³-hybridized carbons (Fsp3) is 0.278. The number of rotatable bonds is 4. The summed E-state index contributed by atoms with van der Waals surface area (Å²) in [5.74, 6) is 0.235. The topological polar surface area (TPSA) is 17.1 Å². The highest BCUT2D eigenvalue weighted by molar-refractivity contribution is 5.97. The zero-order valence-electron chi connectivity index (χ0n) is 11.9. The third-order valence-electron chi connectivity index (χ3n) is 3.78. The van der Waals surface area contributed by atoms with E-state index >= 15 is 0 Å². The Morgan fingerprint density at radius 3 is 2.32 bits per heavy atom. The molecule has 0 fully saturated rings. The van der Waals surface area contributed by atoms with Gasteiger partial charge in [-0.15, -0.1) is 0 Å². The fourth-order valence-electron chi connectivity index (χ4n) is 2.35. The lowest BCUT2D eigenvalue weighted by Gasteiger charge is -2.09. The molecule has 0 amide bonds. The largest absolute Gasteiger partial charge is 0.294 e. The van der Waals surface area contributed by atoms with Crippen LogP contribution < -0.4 is 0 Å². The van der Waals surface area contributed by atoms with E-state index in [9.17, 15) is 4.79 Å². The summed E-state index contributed by atoms with van der Waals surface area (Å²) >= 11 is 0. The minimum Gasteiger partial charge on any atom is -0.294 e. The van der Waals surface area contributed by atoms with Crippen molar-refractivity contribution in [3.05, 3.63) is 70.3 Å². The lowest BCUT2D eigenvalue weighted by atomic mass is 9.96. The Morgan fingerprint density at radius 1 is 0.895 bits per heavy atom. The van der Waals surface area contributed by atoms with E-state index in [0.717, 1.165) is 17.5 Å². The van der Waals surface area contributed by atoms with Crippen molar-refractivity contribution in [3.8, 4) is 0 Å². The van der Waals surface area contributed by atoms with Gasteiger partial charge in [0.15, 0.2) is 5.78 Å². The van der Waals surface area contributed by atoms with Crippen molar-refractivity contribution in [2.75, 3.05) is 0 Å². The Kier molecular flexibility index (Phi) is 4.16. The van der Waals surface area contributed by atoms with Gasteiger partial charge in [0, 0.05) is 12.0 Å². The molecule has 0 unspecified atom stereocenters. The van der Waals surface area contributed by atoms with E-state index < -0.39 is 0 Å². The summed E-state index contributed by atoms with van der Waals surface area (Å²) < 4.78 is 0. The van der Waals surface area contributed by atoms with E-state index in [1.807, 2.05) is 31.2 Å². The number of hydrogen-bond acceptors (Lipinski definition) is 1. The van der Waals surface area contributed by atoms with Gasteiger partial charge in [-0.25, -0.2) is 0 Å². The Morgan fingerprint density at radius 2 is 1.58 bits per heavy atom. The first-order valence-electron chi connectivity index (χ1n) is 6.73. The predicted octanol–water partition coefficient (Wildman–Crippen LogP) is 4.43. The number of benzene rings is 2. The molecule has 0 saturated carbocycles. The molecule has 0 spiro atoms. The summed E-state index contributed by atoms with van der Waals surface area (Å²) in [4.78, 5) is 12.2. The van der Waals surface area contributed by atoms with Crippen LogP contribution in [0.4, 0.5) is 0 Å². The van der Waals surface area contributed by atoms with Gasteiger partial charge < -0.3 is 0 Å². The monoisotopic (exact) mass is 252 g/mol. The summed E-state index contributed by atoms with van der Waals surface area (Å²) in [6.45, 7) is 6.23. The molecule has 1 nitrogen and oxygen atoms in total. The highest BCUT2D eigenvalue weighted by Gasteiger charge is 2.09. The lowest BCUT2D eigenvalue weighted by Crippen LogP contribution is -2.04. The summed E-state index contributed by atoms with van der Waals surface area (Å²) in [7, 11) is 0. The van der Waals surface area contributed by atoms with Crippen LogP contribution in [0.3, 0.4) is 0 Å². The van der Waals surface area contributed by atoms with Crippen LogP contribution >= 0.6 is 0 Å². The van der Waals surface area contributed by atoms with Crippen molar-refractivity contribution in [3.63, 3.8) is 0 Å². The average Bonchev–Trinajstić information content (AvgIpc) is 2.40. The van der Waals surface area contributed by atoms with Crippen LogP contribution in [0.1, 0.15) is 39.0 Å². The first kappa shape index (κ1) is 13.5. The number of Topliss-reactive ketones (excluding diaryl/α,β-unsaturated/α-hetero) is 1. The van der Waals surface area contributed by atoms with E-state index in [4.69, 9.17) is 0 Å². The van der Waals surface area contributed by atoms with Crippen molar-refractivity contribution in [2.24, 2.45) is 0 Å². The van der Waals surface area contributed by atoms with Gasteiger partial charge in [0.1, 0.15) is 0 Å². The van der Waals surface area contributed by atoms with Gasteiger partial charge in [-0.3, -0.25) is 4.79 Å². The molecule has 2 aromatic rings. The Hall–Kier alpha value is -1.89. The van der Waals surface area contributed by atoms with Crippen molar-refractivity contribution >= 4 is 5.78 Å². The van der Waals surface area contributed by atoms with Crippen LogP contribution in [-0.2, 0) is 6.42 Å². The number of carbonyl (C=O) groups is 1. The molecule has 1 heteroatoms. The Balaban J connectivity index is 2.09. The molecule has 0 aliphatic heterocycles. The van der Waals surface area contributed by atoms with Gasteiger partial charge in [-0.2, -0.15) is 0 Å². The minimum atomic E-state index is 0.235. The molecule has 19 heavy (non-hydrogen) atoms. The molecule has 2 rings (SSSR count). The molecule has 0 aliphatic rings.